The SMILES string of the molecule is CCCCN(CCCC)S(=O)(=O)N1CCCN(c2ccc(C#N)cc2)CC1. The van der Waals surface area contributed by atoms with Gasteiger partial charge in [-0.2, -0.15) is 22.3 Å². The zero-order chi connectivity index (χ0) is 19.7. The maximum absolute atomic E-state index is 13.2. The second-order valence-electron chi connectivity index (χ2n) is 7.01. The number of benzene rings is 1. The summed E-state index contributed by atoms with van der Waals surface area (Å²) in [6.07, 6.45) is 4.58. The van der Waals surface area contributed by atoms with Crippen LogP contribution in [0.3, 0.4) is 0 Å². The van der Waals surface area contributed by atoms with Gasteiger partial charge in [0.15, 0.2) is 0 Å². The molecule has 0 amide bonds. The Kier molecular flexibility index (Phi) is 8.55. The molecule has 1 fully saturated rings. The number of rotatable bonds is 9. The van der Waals surface area contributed by atoms with Gasteiger partial charge in [-0.25, -0.2) is 0 Å². The quantitative estimate of drug-likeness (QED) is 0.647. The summed E-state index contributed by atoms with van der Waals surface area (Å²) >= 11 is 0. The van der Waals surface area contributed by atoms with E-state index in [1.54, 1.807) is 8.61 Å². The maximum Gasteiger partial charge on any atom is 0.282 e. The van der Waals surface area contributed by atoms with Crippen LogP contribution in [0.15, 0.2) is 24.3 Å². The molecule has 0 bridgehead atoms. The summed E-state index contributed by atoms with van der Waals surface area (Å²) in [6.45, 7) is 7.94. The average Bonchev–Trinajstić information content (AvgIpc) is 2.95. The predicted molar refractivity (Wildman–Crippen MR) is 110 cm³/mol. The Labute approximate surface area is 164 Å². The van der Waals surface area contributed by atoms with E-state index in [0.717, 1.165) is 44.3 Å². The molecule has 7 heteroatoms. The van der Waals surface area contributed by atoms with Gasteiger partial charge in [0.25, 0.3) is 10.2 Å². The van der Waals surface area contributed by atoms with E-state index in [4.69, 9.17) is 5.26 Å². The molecule has 0 spiro atoms. The molecule has 150 valence electrons. The Morgan fingerprint density at radius 1 is 1.00 bits per heavy atom. The molecule has 0 radical (unpaired) electrons. The molecule has 1 aromatic carbocycles. The topological polar surface area (TPSA) is 67.7 Å². The second-order valence-corrected chi connectivity index (χ2v) is 8.94. The van der Waals surface area contributed by atoms with Gasteiger partial charge in [0.2, 0.25) is 0 Å². The van der Waals surface area contributed by atoms with E-state index in [1.165, 1.54) is 0 Å². The van der Waals surface area contributed by atoms with Crippen molar-refractivity contribution in [3.8, 4) is 6.07 Å². The lowest BCUT2D eigenvalue weighted by Crippen LogP contribution is -2.46. The van der Waals surface area contributed by atoms with Crippen molar-refractivity contribution in [2.24, 2.45) is 0 Å². The zero-order valence-electron chi connectivity index (χ0n) is 16.6. The number of unbranched alkanes of at least 4 members (excludes halogenated alkanes) is 2. The predicted octanol–water partition coefficient (Wildman–Crippen LogP) is 3.22. The van der Waals surface area contributed by atoms with Crippen LogP contribution in [0.4, 0.5) is 5.69 Å². The van der Waals surface area contributed by atoms with Gasteiger partial charge >= 0.3 is 0 Å². The minimum atomic E-state index is -3.41. The van der Waals surface area contributed by atoms with Gasteiger partial charge in [-0.1, -0.05) is 26.7 Å². The molecule has 1 aliphatic rings. The lowest BCUT2D eigenvalue weighted by atomic mass is 10.2. The molecular weight excluding hydrogens is 360 g/mol. The molecule has 0 aliphatic carbocycles. The summed E-state index contributed by atoms with van der Waals surface area (Å²) in [6, 6.07) is 9.64. The minimum Gasteiger partial charge on any atom is -0.370 e. The van der Waals surface area contributed by atoms with Crippen LogP contribution in [-0.2, 0) is 10.2 Å². The van der Waals surface area contributed by atoms with E-state index < -0.39 is 10.2 Å². The monoisotopic (exact) mass is 392 g/mol. The van der Waals surface area contributed by atoms with Gasteiger partial charge in [-0.15, -0.1) is 0 Å². The number of anilines is 1. The highest BCUT2D eigenvalue weighted by Crippen LogP contribution is 2.20. The lowest BCUT2D eigenvalue weighted by Gasteiger charge is -2.29. The van der Waals surface area contributed by atoms with Crippen molar-refractivity contribution in [3.05, 3.63) is 29.8 Å². The molecule has 0 atom stereocenters. The number of hydrogen-bond donors (Lipinski definition) is 0. The Hall–Kier alpha value is -1.62. The van der Waals surface area contributed by atoms with Gasteiger partial charge in [0, 0.05) is 45.0 Å². The summed E-state index contributed by atoms with van der Waals surface area (Å²) in [5.74, 6) is 0. The highest BCUT2D eigenvalue weighted by atomic mass is 32.2. The smallest absolute Gasteiger partial charge is 0.282 e. The Morgan fingerprint density at radius 2 is 1.63 bits per heavy atom. The molecule has 0 unspecified atom stereocenters. The molecular formula is C20H32N4O2S. The second kappa shape index (κ2) is 10.6. The largest absolute Gasteiger partial charge is 0.370 e. The van der Waals surface area contributed by atoms with Crippen LogP contribution >= 0.6 is 0 Å². The van der Waals surface area contributed by atoms with Crippen molar-refractivity contribution < 1.29 is 8.42 Å². The number of hydrogen-bond acceptors (Lipinski definition) is 4. The molecule has 0 saturated carbocycles. The fourth-order valence-corrected chi connectivity index (χ4v) is 5.02. The van der Waals surface area contributed by atoms with Crippen LogP contribution < -0.4 is 4.90 Å². The summed E-state index contributed by atoms with van der Waals surface area (Å²) in [4.78, 5) is 2.21. The van der Waals surface area contributed by atoms with E-state index >= 15 is 0 Å². The molecule has 1 aromatic rings. The van der Waals surface area contributed by atoms with Crippen molar-refractivity contribution in [2.45, 2.75) is 46.0 Å². The van der Waals surface area contributed by atoms with Crippen LogP contribution in [0.2, 0.25) is 0 Å². The van der Waals surface area contributed by atoms with Gasteiger partial charge in [0.05, 0.1) is 11.6 Å². The van der Waals surface area contributed by atoms with E-state index in [2.05, 4.69) is 24.8 Å². The zero-order valence-corrected chi connectivity index (χ0v) is 17.4. The van der Waals surface area contributed by atoms with Crippen molar-refractivity contribution in [3.63, 3.8) is 0 Å². The van der Waals surface area contributed by atoms with Gasteiger partial charge in [-0.05, 0) is 43.5 Å². The molecule has 0 aromatic heterocycles. The van der Waals surface area contributed by atoms with Gasteiger partial charge in [-0.3, -0.25) is 0 Å². The normalized spacial score (nSPS) is 16.3. The highest BCUT2D eigenvalue weighted by Gasteiger charge is 2.30. The van der Waals surface area contributed by atoms with Crippen molar-refractivity contribution in [2.75, 3.05) is 44.2 Å². The van der Waals surface area contributed by atoms with E-state index in [-0.39, 0.29) is 0 Å². The Morgan fingerprint density at radius 3 is 2.19 bits per heavy atom. The number of nitrogens with zero attached hydrogens (tertiary/aromatic N) is 4. The maximum atomic E-state index is 13.2. The van der Waals surface area contributed by atoms with Gasteiger partial charge in [0.1, 0.15) is 0 Å². The summed E-state index contributed by atoms with van der Waals surface area (Å²) in [7, 11) is -3.41. The first kappa shape index (κ1) is 21.7. The molecule has 2 rings (SSSR count). The summed E-state index contributed by atoms with van der Waals surface area (Å²) in [5, 5.41) is 8.94. The molecule has 0 N–H and O–H groups in total. The van der Waals surface area contributed by atoms with Crippen LogP contribution in [0.1, 0.15) is 51.5 Å². The standard InChI is InChI=1S/C20H32N4O2S/c1-3-5-13-23(14-6-4-2)27(25,26)24-15-7-12-22(16-17-24)20-10-8-19(18-21)9-11-20/h8-11H,3-7,12-17H2,1-2H3. The Balaban J connectivity index is 2.06. The van der Waals surface area contributed by atoms with Crippen molar-refractivity contribution in [1.82, 2.24) is 8.61 Å². The first-order valence-corrected chi connectivity index (χ1v) is 11.4. The minimum absolute atomic E-state index is 0.497. The third-order valence-electron chi connectivity index (χ3n) is 4.99. The highest BCUT2D eigenvalue weighted by molar-refractivity contribution is 7.86. The van der Waals surface area contributed by atoms with Gasteiger partial charge < -0.3 is 4.90 Å². The lowest BCUT2D eigenvalue weighted by molar-refractivity contribution is 0.336. The fourth-order valence-electron chi connectivity index (χ4n) is 3.30. The average molecular weight is 393 g/mol. The number of nitriles is 1. The fraction of sp³-hybridized carbons (Fsp3) is 0.650. The Bertz CT molecular complexity index is 704. The van der Waals surface area contributed by atoms with E-state index in [0.29, 0.717) is 38.3 Å². The molecule has 6 nitrogen and oxygen atoms in total. The third kappa shape index (κ3) is 5.93. The van der Waals surface area contributed by atoms with E-state index in [1.807, 2.05) is 24.3 Å². The molecule has 1 aliphatic heterocycles. The summed E-state index contributed by atoms with van der Waals surface area (Å²) in [5.41, 5.74) is 1.68. The van der Waals surface area contributed by atoms with Crippen LogP contribution in [0, 0.1) is 11.3 Å². The third-order valence-corrected chi connectivity index (χ3v) is 7.03. The molecule has 1 saturated heterocycles. The molecule has 1 heterocycles. The molecule has 27 heavy (non-hydrogen) atoms. The van der Waals surface area contributed by atoms with Crippen LogP contribution in [-0.4, -0.2) is 56.3 Å². The first-order valence-electron chi connectivity index (χ1n) is 10.0. The first-order chi connectivity index (χ1) is 13.0. The van der Waals surface area contributed by atoms with Crippen molar-refractivity contribution in [1.29, 1.82) is 5.26 Å². The van der Waals surface area contributed by atoms with E-state index in [9.17, 15) is 8.42 Å². The van der Waals surface area contributed by atoms with Crippen molar-refractivity contribution >= 4 is 15.9 Å². The van der Waals surface area contributed by atoms with Crippen LogP contribution in [0.25, 0.3) is 0 Å². The summed E-state index contributed by atoms with van der Waals surface area (Å²) < 4.78 is 29.7. The van der Waals surface area contributed by atoms with Crippen LogP contribution in [0.5, 0.6) is 0 Å².